The molecule has 16 heavy (non-hydrogen) atoms. The van der Waals surface area contributed by atoms with Crippen molar-refractivity contribution in [3.8, 4) is 0 Å². The van der Waals surface area contributed by atoms with Gasteiger partial charge in [0, 0.05) is 10.6 Å². The summed E-state index contributed by atoms with van der Waals surface area (Å²) in [6, 6.07) is 3.21. The van der Waals surface area contributed by atoms with Crippen LogP contribution in [0.1, 0.15) is 18.7 Å². The number of ether oxygens (including phenoxy) is 1. The van der Waals surface area contributed by atoms with Crippen molar-refractivity contribution in [2.75, 3.05) is 0 Å². The fourth-order valence-electron chi connectivity index (χ4n) is 1.47. The Kier molecular flexibility index (Phi) is 3.31. The molecule has 0 aromatic heterocycles. The third-order valence-electron chi connectivity index (χ3n) is 2.32. The minimum absolute atomic E-state index is 0.197. The van der Waals surface area contributed by atoms with Crippen LogP contribution in [0.4, 0.5) is 0 Å². The van der Waals surface area contributed by atoms with Gasteiger partial charge in [-0.25, -0.2) is 0 Å². The van der Waals surface area contributed by atoms with Gasteiger partial charge in [0.2, 0.25) is 0 Å². The smallest absolute Gasteiger partial charge is 0.251 e. The molecule has 3 nitrogen and oxygen atoms in total. The fourth-order valence-corrected chi connectivity index (χ4v) is 2.20. The lowest BCUT2D eigenvalue weighted by atomic mass is 10.2. The van der Waals surface area contributed by atoms with Crippen molar-refractivity contribution in [3.05, 3.63) is 32.8 Å². The molecule has 0 aliphatic carbocycles. The largest absolute Gasteiger partial charge is 0.341 e. The van der Waals surface area contributed by atoms with Crippen LogP contribution in [0.2, 0.25) is 15.1 Å². The number of halogens is 3. The molecule has 1 aliphatic rings. The number of nitrogens with one attached hydrogen (secondary N) is 1. The molecule has 1 aromatic rings. The van der Waals surface area contributed by atoms with Crippen molar-refractivity contribution in [1.82, 2.24) is 5.32 Å². The molecule has 0 saturated carbocycles. The van der Waals surface area contributed by atoms with Gasteiger partial charge in [-0.1, -0.05) is 34.8 Å². The summed E-state index contributed by atoms with van der Waals surface area (Å²) in [5, 5.41) is 3.72. The Morgan fingerprint density at radius 3 is 2.44 bits per heavy atom. The van der Waals surface area contributed by atoms with Gasteiger partial charge in [0.05, 0.1) is 10.0 Å². The maximum absolute atomic E-state index is 11.3. The topological polar surface area (TPSA) is 38.3 Å². The van der Waals surface area contributed by atoms with Gasteiger partial charge in [-0.2, -0.15) is 0 Å². The normalized spacial score (nSPS) is 24.6. The Morgan fingerprint density at radius 1 is 1.25 bits per heavy atom. The maximum Gasteiger partial charge on any atom is 0.251 e. The summed E-state index contributed by atoms with van der Waals surface area (Å²) in [4.78, 5) is 11.3. The molecular weight excluding hydrogens is 272 g/mol. The van der Waals surface area contributed by atoms with Gasteiger partial charge in [-0.05, 0) is 19.1 Å². The van der Waals surface area contributed by atoms with Crippen LogP contribution in [0.5, 0.6) is 0 Å². The van der Waals surface area contributed by atoms with E-state index in [0.29, 0.717) is 20.6 Å². The summed E-state index contributed by atoms with van der Waals surface area (Å²) in [5.41, 5.74) is 0.494. The minimum Gasteiger partial charge on any atom is -0.341 e. The van der Waals surface area contributed by atoms with Crippen molar-refractivity contribution < 1.29 is 9.53 Å². The Bertz CT molecular complexity index is 450. The molecule has 6 heteroatoms. The molecule has 1 heterocycles. The number of rotatable bonds is 1. The van der Waals surface area contributed by atoms with Crippen LogP contribution in [0.25, 0.3) is 0 Å². The van der Waals surface area contributed by atoms with Crippen molar-refractivity contribution >= 4 is 40.7 Å². The Morgan fingerprint density at radius 2 is 1.88 bits per heavy atom. The number of hydrogen-bond acceptors (Lipinski definition) is 2. The number of benzene rings is 1. The van der Waals surface area contributed by atoms with E-state index in [-0.39, 0.29) is 5.91 Å². The molecular formula is C10H8Cl3NO2. The SMILES string of the molecule is C[C@H]1O[C@H](c2c(Cl)ccc(Cl)c2Cl)NC1=O. The first-order chi connectivity index (χ1) is 7.50. The molecule has 1 saturated heterocycles. The van der Waals surface area contributed by atoms with Gasteiger partial charge in [0.15, 0.2) is 6.23 Å². The van der Waals surface area contributed by atoms with E-state index in [1.165, 1.54) is 0 Å². The third kappa shape index (κ3) is 2.00. The Labute approximate surface area is 108 Å². The summed E-state index contributed by atoms with van der Waals surface area (Å²) in [5.74, 6) is -0.197. The van der Waals surface area contributed by atoms with E-state index in [1.54, 1.807) is 19.1 Å². The summed E-state index contributed by atoms with van der Waals surface area (Å²) < 4.78 is 5.39. The highest BCUT2D eigenvalue weighted by Gasteiger charge is 2.33. The minimum atomic E-state index is -0.638. The van der Waals surface area contributed by atoms with Crippen LogP contribution in [-0.4, -0.2) is 12.0 Å². The highest BCUT2D eigenvalue weighted by atomic mass is 35.5. The van der Waals surface area contributed by atoms with Crippen molar-refractivity contribution in [3.63, 3.8) is 0 Å². The predicted octanol–water partition coefficient (Wildman–Crippen LogP) is 3.18. The van der Waals surface area contributed by atoms with Gasteiger partial charge < -0.3 is 10.1 Å². The lowest BCUT2D eigenvalue weighted by molar-refractivity contribution is -0.122. The van der Waals surface area contributed by atoms with Crippen LogP contribution < -0.4 is 5.32 Å². The molecule has 0 unspecified atom stereocenters. The molecule has 1 fully saturated rings. The van der Waals surface area contributed by atoms with E-state index in [2.05, 4.69) is 5.32 Å². The summed E-state index contributed by atoms with van der Waals surface area (Å²) in [6.45, 7) is 1.65. The molecule has 2 atom stereocenters. The van der Waals surface area contributed by atoms with Gasteiger partial charge >= 0.3 is 0 Å². The molecule has 1 aromatic carbocycles. The van der Waals surface area contributed by atoms with E-state index < -0.39 is 12.3 Å². The molecule has 1 aliphatic heterocycles. The second kappa shape index (κ2) is 4.41. The molecule has 0 radical (unpaired) electrons. The van der Waals surface area contributed by atoms with Crippen molar-refractivity contribution in [1.29, 1.82) is 0 Å². The first kappa shape index (κ1) is 12.0. The van der Waals surface area contributed by atoms with E-state index >= 15 is 0 Å². The summed E-state index contributed by atoms with van der Waals surface area (Å²) in [6.07, 6.45) is -1.16. The summed E-state index contributed by atoms with van der Waals surface area (Å²) in [7, 11) is 0. The molecule has 1 N–H and O–H groups in total. The first-order valence-corrected chi connectivity index (χ1v) is 5.73. The van der Waals surface area contributed by atoms with Gasteiger partial charge in [-0.3, -0.25) is 4.79 Å². The molecule has 0 bridgehead atoms. The van der Waals surface area contributed by atoms with Crippen LogP contribution in [0.15, 0.2) is 12.1 Å². The maximum atomic E-state index is 11.3. The van der Waals surface area contributed by atoms with Gasteiger partial charge in [0.25, 0.3) is 5.91 Å². The molecule has 1 amide bonds. The summed E-state index contributed by atoms with van der Waals surface area (Å²) >= 11 is 17.9. The van der Waals surface area contributed by atoms with Gasteiger partial charge in [0.1, 0.15) is 6.10 Å². The average molecular weight is 281 g/mol. The number of carbonyl (C=O) groups excluding carboxylic acids is 1. The van der Waals surface area contributed by atoms with Crippen molar-refractivity contribution in [2.45, 2.75) is 19.3 Å². The quantitative estimate of drug-likeness (QED) is 0.802. The van der Waals surface area contributed by atoms with E-state index in [1.807, 2.05) is 0 Å². The lowest BCUT2D eigenvalue weighted by Gasteiger charge is -2.14. The predicted molar refractivity (Wildman–Crippen MR) is 62.9 cm³/mol. The third-order valence-corrected chi connectivity index (χ3v) is 3.47. The zero-order valence-corrected chi connectivity index (χ0v) is 10.5. The average Bonchev–Trinajstić information content (AvgIpc) is 2.54. The second-order valence-electron chi connectivity index (χ2n) is 3.42. The Hall–Kier alpha value is -0.480. The van der Waals surface area contributed by atoms with E-state index in [9.17, 15) is 4.79 Å². The zero-order chi connectivity index (χ0) is 11.9. The number of carbonyl (C=O) groups is 1. The van der Waals surface area contributed by atoms with E-state index in [4.69, 9.17) is 39.5 Å². The van der Waals surface area contributed by atoms with Crippen LogP contribution >= 0.6 is 34.8 Å². The van der Waals surface area contributed by atoms with Crippen LogP contribution in [0, 0.1) is 0 Å². The van der Waals surface area contributed by atoms with Crippen LogP contribution in [-0.2, 0) is 9.53 Å². The molecule has 0 spiro atoms. The van der Waals surface area contributed by atoms with Crippen molar-refractivity contribution in [2.24, 2.45) is 0 Å². The highest BCUT2D eigenvalue weighted by Crippen LogP contribution is 2.37. The standard InChI is InChI=1S/C10H8Cl3NO2/c1-4-9(15)14-10(16-4)7-5(11)2-3-6(12)8(7)13/h2-4,10H,1H3,(H,14,15)/t4-,10-/m1/s1. The highest BCUT2D eigenvalue weighted by molar-refractivity contribution is 6.44. The number of hydrogen-bond donors (Lipinski definition) is 1. The fraction of sp³-hybridized carbons (Fsp3) is 0.300. The monoisotopic (exact) mass is 279 g/mol. The zero-order valence-electron chi connectivity index (χ0n) is 8.26. The van der Waals surface area contributed by atoms with Gasteiger partial charge in [-0.15, -0.1) is 0 Å². The second-order valence-corrected chi connectivity index (χ2v) is 4.62. The lowest BCUT2D eigenvalue weighted by Crippen LogP contribution is -2.22. The molecule has 86 valence electrons. The first-order valence-electron chi connectivity index (χ1n) is 4.60. The van der Waals surface area contributed by atoms with E-state index in [0.717, 1.165) is 0 Å². The molecule has 2 rings (SSSR count). The van der Waals surface area contributed by atoms with Crippen LogP contribution in [0.3, 0.4) is 0 Å². The number of amides is 1. The Balaban J connectivity index is 2.41.